The lowest BCUT2D eigenvalue weighted by molar-refractivity contribution is 0.483. The molecule has 4 heterocycles. The van der Waals surface area contributed by atoms with Crippen molar-refractivity contribution in [2.75, 3.05) is 0 Å². The fraction of sp³-hybridized carbons (Fsp3) is 0.583. The van der Waals surface area contributed by atoms with Crippen LogP contribution in [0, 0.1) is 6.92 Å². The second-order valence-corrected chi connectivity index (χ2v) is 5.21. The first-order valence-corrected chi connectivity index (χ1v) is 6.24. The molecule has 2 aliphatic rings. The normalized spacial score (nSPS) is 31.5. The maximum absolute atomic E-state index is 4.37. The SMILES string of the molecule is Cc1cc2nnc(C3CC4CCC3N4)n2cn1. The number of aromatic nitrogens is 4. The monoisotopic (exact) mass is 229 g/mol. The fourth-order valence-electron chi connectivity index (χ4n) is 3.27. The summed E-state index contributed by atoms with van der Waals surface area (Å²) in [6.45, 7) is 1.98. The molecule has 2 aliphatic heterocycles. The highest BCUT2D eigenvalue weighted by molar-refractivity contribution is 5.39. The lowest BCUT2D eigenvalue weighted by Gasteiger charge is -2.17. The van der Waals surface area contributed by atoms with E-state index in [1.165, 1.54) is 19.3 Å². The van der Waals surface area contributed by atoms with Crippen molar-refractivity contribution in [1.29, 1.82) is 0 Å². The Hall–Kier alpha value is -1.49. The van der Waals surface area contributed by atoms with Gasteiger partial charge in [0, 0.05) is 29.8 Å². The summed E-state index contributed by atoms with van der Waals surface area (Å²) >= 11 is 0. The molecule has 3 unspecified atom stereocenters. The Morgan fingerprint density at radius 2 is 2.29 bits per heavy atom. The molecular weight excluding hydrogens is 214 g/mol. The van der Waals surface area contributed by atoms with Gasteiger partial charge in [0.15, 0.2) is 5.65 Å². The zero-order valence-corrected chi connectivity index (χ0v) is 9.80. The van der Waals surface area contributed by atoms with Crippen molar-refractivity contribution in [1.82, 2.24) is 24.9 Å². The average molecular weight is 229 g/mol. The summed E-state index contributed by atoms with van der Waals surface area (Å²) in [7, 11) is 0. The third kappa shape index (κ3) is 1.32. The van der Waals surface area contributed by atoms with E-state index in [0.717, 1.165) is 17.2 Å². The van der Waals surface area contributed by atoms with Crippen LogP contribution in [0.25, 0.3) is 5.65 Å². The zero-order valence-electron chi connectivity index (χ0n) is 9.80. The first kappa shape index (κ1) is 9.53. The summed E-state index contributed by atoms with van der Waals surface area (Å²) in [6, 6.07) is 3.27. The maximum Gasteiger partial charge on any atom is 0.163 e. The molecule has 88 valence electrons. The highest BCUT2D eigenvalue weighted by Crippen LogP contribution is 2.39. The minimum atomic E-state index is 0.508. The van der Waals surface area contributed by atoms with Gasteiger partial charge in [-0.25, -0.2) is 4.98 Å². The minimum Gasteiger partial charge on any atom is -0.310 e. The second-order valence-electron chi connectivity index (χ2n) is 5.21. The zero-order chi connectivity index (χ0) is 11.4. The highest BCUT2D eigenvalue weighted by atomic mass is 15.3. The first-order valence-electron chi connectivity index (χ1n) is 6.24. The van der Waals surface area contributed by atoms with Crippen LogP contribution in [0.3, 0.4) is 0 Å². The summed E-state index contributed by atoms with van der Waals surface area (Å²) in [5.41, 5.74) is 1.90. The van der Waals surface area contributed by atoms with E-state index in [1.54, 1.807) is 0 Å². The molecule has 0 spiro atoms. The van der Waals surface area contributed by atoms with Gasteiger partial charge in [-0.3, -0.25) is 4.40 Å². The van der Waals surface area contributed by atoms with Crippen LogP contribution in [0.1, 0.15) is 36.7 Å². The molecular formula is C12H15N5. The molecule has 2 saturated heterocycles. The number of fused-ring (bicyclic) bond motifs is 3. The van der Waals surface area contributed by atoms with Gasteiger partial charge in [-0.2, -0.15) is 0 Å². The van der Waals surface area contributed by atoms with Crippen molar-refractivity contribution in [2.24, 2.45) is 0 Å². The van der Waals surface area contributed by atoms with Crippen LogP contribution in [0.5, 0.6) is 0 Å². The number of aryl methyl sites for hydroxylation is 1. The van der Waals surface area contributed by atoms with Crippen LogP contribution < -0.4 is 5.32 Å². The number of nitrogens with one attached hydrogen (secondary N) is 1. The predicted molar refractivity (Wildman–Crippen MR) is 62.8 cm³/mol. The lowest BCUT2D eigenvalue weighted by atomic mass is 9.88. The van der Waals surface area contributed by atoms with E-state index in [9.17, 15) is 0 Å². The Kier molecular flexibility index (Phi) is 1.83. The minimum absolute atomic E-state index is 0.508. The maximum atomic E-state index is 4.37. The van der Waals surface area contributed by atoms with Gasteiger partial charge in [-0.15, -0.1) is 10.2 Å². The summed E-state index contributed by atoms with van der Waals surface area (Å²) in [5, 5.41) is 12.3. The molecule has 2 aromatic heterocycles. The van der Waals surface area contributed by atoms with Crippen LogP contribution in [-0.2, 0) is 0 Å². The van der Waals surface area contributed by atoms with Crippen molar-refractivity contribution in [3.8, 4) is 0 Å². The number of rotatable bonds is 1. The third-order valence-electron chi connectivity index (χ3n) is 4.10. The molecule has 1 N–H and O–H groups in total. The van der Waals surface area contributed by atoms with Gasteiger partial charge in [-0.05, 0) is 26.2 Å². The van der Waals surface area contributed by atoms with Gasteiger partial charge in [0.25, 0.3) is 0 Å². The average Bonchev–Trinajstić information content (AvgIpc) is 3.01. The molecule has 3 atom stereocenters. The topological polar surface area (TPSA) is 55.1 Å². The van der Waals surface area contributed by atoms with E-state index in [0.29, 0.717) is 18.0 Å². The smallest absolute Gasteiger partial charge is 0.163 e. The molecule has 5 heteroatoms. The van der Waals surface area contributed by atoms with Crippen LogP contribution in [0.15, 0.2) is 12.4 Å². The van der Waals surface area contributed by atoms with Crippen molar-refractivity contribution < 1.29 is 0 Å². The molecule has 4 rings (SSSR count). The molecule has 17 heavy (non-hydrogen) atoms. The van der Waals surface area contributed by atoms with Gasteiger partial charge in [-0.1, -0.05) is 0 Å². The quantitative estimate of drug-likeness (QED) is 0.794. The van der Waals surface area contributed by atoms with E-state index >= 15 is 0 Å². The molecule has 2 fully saturated rings. The number of hydrogen-bond donors (Lipinski definition) is 1. The molecule has 5 nitrogen and oxygen atoms in total. The molecule has 0 radical (unpaired) electrons. The van der Waals surface area contributed by atoms with Crippen molar-refractivity contribution in [3.05, 3.63) is 23.9 Å². The van der Waals surface area contributed by atoms with E-state index in [-0.39, 0.29) is 0 Å². The fourth-order valence-corrected chi connectivity index (χ4v) is 3.27. The Labute approximate surface area is 99.3 Å². The van der Waals surface area contributed by atoms with Crippen LogP contribution in [0.4, 0.5) is 0 Å². The summed E-state index contributed by atoms with van der Waals surface area (Å²) in [6.07, 6.45) is 5.63. The lowest BCUT2D eigenvalue weighted by Crippen LogP contribution is -2.22. The van der Waals surface area contributed by atoms with E-state index < -0.39 is 0 Å². The number of hydrogen-bond acceptors (Lipinski definition) is 4. The van der Waals surface area contributed by atoms with E-state index in [1.807, 2.05) is 23.7 Å². The van der Waals surface area contributed by atoms with E-state index in [4.69, 9.17) is 0 Å². The molecule has 2 aromatic rings. The van der Waals surface area contributed by atoms with Gasteiger partial charge in [0.1, 0.15) is 12.2 Å². The Bertz CT molecular complexity index is 575. The second kappa shape index (κ2) is 3.26. The summed E-state index contributed by atoms with van der Waals surface area (Å²) < 4.78 is 2.04. The summed E-state index contributed by atoms with van der Waals surface area (Å²) in [4.78, 5) is 4.34. The molecule has 0 saturated carbocycles. The summed E-state index contributed by atoms with van der Waals surface area (Å²) in [5.74, 6) is 1.58. The molecule has 0 aromatic carbocycles. The van der Waals surface area contributed by atoms with Crippen molar-refractivity contribution in [2.45, 2.75) is 44.2 Å². The van der Waals surface area contributed by atoms with Crippen LogP contribution in [-0.4, -0.2) is 31.7 Å². The van der Waals surface area contributed by atoms with E-state index in [2.05, 4.69) is 20.5 Å². The first-order chi connectivity index (χ1) is 8.31. The largest absolute Gasteiger partial charge is 0.310 e. The standard InChI is InChI=1S/C12H15N5/c1-7-4-11-15-16-12(17(11)6-13-7)9-5-8-2-3-10(9)14-8/h4,6,8-10,14H,2-3,5H2,1H3. The van der Waals surface area contributed by atoms with Gasteiger partial charge < -0.3 is 5.32 Å². The van der Waals surface area contributed by atoms with Crippen LogP contribution >= 0.6 is 0 Å². The molecule has 0 amide bonds. The number of nitrogens with zero attached hydrogens (tertiary/aromatic N) is 4. The highest BCUT2D eigenvalue weighted by Gasteiger charge is 2.41. The molecule has 0 aliphatic carbocycles. The Morgan fingerprint density at radius 1 is 1.35 bits per heavy atom. The van der Waals surface area contributed by atoms with Gasteiger partial charge in [0.05, 0.1) is 0 Å². The molecule has 2 bridgehead atoms. The predicted octanol–water partition coefficient (Wildman–Crippen LogP) is 1.04. The Balaban J connectivity index is 1.81. The van der Waals surface area contributed by atoms with Crippen molar-refractivity contribution >= 4 is 5.65 Å². The third-order valence-corrected chi connectivity index (χ3v) is 4.10. The van der Waals surface area contributed by atoms with Gasteiger partial charge >= 0.3 is 0 Å². The van der Waals surface area contributed by atoms with Gasteiger partial charge in [0.2, 0.25) is 0 Å². The van der Waals surface area contributed by atoms with Crippen molar-refractivity contribution in [3.63, 3.8) is 0 Å². The Morgan fingerprint density at radius 3 is 3.06 bits per heavy atom. The van der Waals surface area contributed by atoms with Crippen LogP contribution in [0.2, 0.25) is 0 Å².